The molecule has 19 heavy (non-hydrogen) atoms. The minimum Gasteiger partial charge on any atom is -0.778 e. The van der Waals surface area contributed by atoms with Crippen molar-refractivity contribution in [3.8, 4) is 11.8 Å². The number of aromatic nitrogens is 1. The van der Waals surface area contributed by atoms with Crippen LogP contribution in [0.15, 0.2) is 17.2 Å². The first kappa shape index (κ1) is 17.9. The van der Waals surface area contributed by atoms with E-state index in [1.54, 1.807) is 12.3 Å². The second kappa shape index (κ2) is 8.96. The monoisotopic (exact) mass is 318 g/mol. The van der Waals surface area contributed by atoms with E-state index in [1.807, 2.05) is 0 Å². The first-order chi connectivity index (χ1) is 8.70. The molecular weight excluding hydrogens is 303 g/mol. The van der Waals surface area contributed by atoms with E-state index in [9.17, 15) is 0 Å². The Morgan fingerprint density at radius 1 is 1.47 bits per heavy atom. The van der Waals surface area contributed by atoms with Gasteiger partial charge in [-0.2, -0.15) is 4.90 Å². The van der Waals surface area contributed by atoms with E-state index >= 15 is 0 Å². The number of piperidine rings is 1. The van der Waals surface area contributed by atoms with Crippen molar-refractivity contribution in [2.75, 3.05) is 19.6 Å². The van der Waals surface area contributed by atoms with Crippen molar-refractivity contribution in [3.63, 3.8) is 0 Å². The summed E-state index contributed by atoms with van der Waals surface area (Å²) in [7, 11) is 0. The van der Waals surface area contributed by atoms with Crippen molar-refractivity contribution in [2.45, 2.75) is 24.7 Å². The van der Waals surface area contributed by atoms with Crippen LogP contribution in [0.5, 0.6) is 0 Å². The van der Waals surface area contributed by atoms with Crippen LogP contribution < -0.4 is 51.4 Å². The van der Waals surface area contributed by atoms with Gasteiger partial charge in [-0.3, -0.25) is 0 Å². The number of nitrogens with zero attached hydrogens (tertiary/aromatic N) is 2. The standard InChI is InChI=1S/C14H17ClN2S.K/c1-2-17-9-6-11(7-10-17)3-4-12-14(15)13(18)5-8-16-12;/h5,8,11H,2,6-7,9-10H2,1H3,(H,16,18);/q;+1/p-1. The maximum absolute atomic E-state index is 6.08. The molecule has 1 aliphatic heterocycles. The third-order valence-electron chi connectivity index (χ3n) is 3.28. The topological polar surface area (TPSA) is 16.1 Å². The molecule has 0 unspecified atom stereocenters. The van der Waals surface area contributed by atoms with E-state index in [-0.39, 0.29) is 51.4 Å². The molecule has 0 aromatic carbocycles. The Bertz CT molecular complexity index is 476. The number of halogens is 1. The number of hydrogen-bond acceptors (Lipinski definition) is 3. The predicted molar refractivity (Wildman–Crippen MR) is 76.6 cm³/mol. The van der Waals surface area contributed by atoms with Gasteiger partial charge in [0, 0.05) is 12.1 Å². The van der Waals surface area contributed by atoms with Gasteiger partial charge in [0.25, 0.3) is 0 Å². The molecule has 1 aliphatic rings. The van der Waals surface area contributed by atoms with Gasteiger partial charge in [-0.05, 0) is 38.4 Å². The third-order valence-corrected chi connectivity index (χ3v) is 4.12. The molecule has 2 heterocycles. The molecule has 0 spiro atoms. The molecule has 5 heteroatoms. The average molecular weight is 319 g/mol. The average Bonchev–Trinajstić information content (AvgIpc) is 2.41. The van der Waals surface area contributed by atoms with Gasteiger partial charge in [0.15, 0.2) is 0 Å². The van der Waals surface area contributed by atoms with Crippen LogP contribution in [0.1, 0.15) is 25.5 Å². The summed E-state index contributed by atoms with van der Waals surface area (Å²) < 4.78 is 0. The van der Waals surface area contributed by atoms with E-state index in [2.05, 4.69) is 28.6 Å². The summed E-state index contributed by atoms with van der Waals surface area (Å²) in [6.45, 7) is 5.60. The van der Waals surface area contributed by atoms with E-state index in [1.165, 1.54) is 0 Å². The Morgan fingerprint density at radius 3 is 2.79 bits per heavy atom. The summed E-state index contributed by atoms with van der Waals surface area (Å²) in [5.41, 5.74) is 0.613. The molecule has 0 amide bonds. The van der Waals surface area contributed by atoms with Crippen LogP contribution in [0.25, 0.3) is 0 Å². The van der Waals surface area contributed by atoms with Crippen molar-refractivity contribution in [1.82, 2.24) is 9.88 Å². The Labute approximate surface area is 168 Å². The molecule has 1 aromatic rings. The molecule has 0 atom stereocenters. The maximum Gasteiger partial charge on any atom is 1.00 e. The summed E-state index contributed by atoms with van der Waals surface area (Å²) in [4.78, 5) is 7.25. The minimum absolute atomic E-state index is 0. The largest absolute Gasteiger partial charge is 1.00 e. The fourth-order valence-corrected chi connectivity index (χ4v) is 2.39. The zero-order valence-corrected chi connectivity index (χ0v) is 16.1. The summed E-state index contributed by atoms with van der Waals surface area (Å²) in [6.07, 6.45) is 3.93. The molecule has 0 radical (unpaired) electrons. The number of pyridine rings is 1. The molecule has 2 nitrogen and oxygen atoms in total. The van der Waals surface area contributed by atoms with Gasteiger partial charge >= 0.3 is 51.4 Å². The zero-order valence-electron chi connectivity index (χ0n) is 11.4. The number of likely N-dealkylation sites (tertiary alicyclic amines) is 1. The number of rotatable bonds is 1. The normalized spacial score (nSPS) is 16.3. The minimum atomic E-state index is 0. The molecule has 1 aromatic heterocycles. The Balaban J connectivity index is 0.00000180. The van der Waals surface area contributed by atoms with Crippen LogP contribution in [-0.2, 0) is 12.6 Å². The van der Waals surface area contributed by atoms with Crippen molar-refractivity contribution >= 4 is 24.2 Å². The first-order valence-corrected chi connectivity index (χ1v) is 7.04. The number of hydrogen-bond donors (Lipinski definition) is 0. The smallest absolute Gasteiger partial charge is 0.778 e. The van der Waals surface area contributed by atoms with E-state index in [4.69, 9.17) is 24.2 Å². The molecule has 2 rings (SSSR count). The fourth-order valence-electron chi connectivity index (χ4n) is 2.08. The van der Waals surface area contributed by atoms with Crippen LogP contribution in [0.4, 0.5) is 0 Å². The van der Waals surface area contributed by atoms with Crippen molar-refractivity contribution in [2.24, 2.45) is 5.92 Å². The van der Waals surface area contributed by atoms with Gasteiger partial charge < -0.3 is 17.5 Å². The van der Waals surface area contributed by atoms with E-state index in [0.29, 0.717) is 21.5 Å². The molecule has 96 valence electrons. The van der Waals surface area contributed by atoms with Crippen LogP contribution in [0.3, 0.4) is 0 Å². The second-order valence-corrected chi connectivity index (χ2v) is 5.27. The molecule has 0 saturated carbocycles. The SMILES string of the molecule is CCN1CCC(C#Cc2nccc([S-])c2Cl)CC1.[K+]. The fraction of sp³-hybridized carbons (Fsp3) is 0.500. The van der Waals surface area contributed by atoms with Gasteiger partial charge in [-0.15, -0.1) is 0 Å². The van der Waals surface area contributed by atoms with Crippen LogP contribution in [0, 0.1) is 17.8 Å². The van der Waals surface area contributed by atoms with Gasteiger partial charge in [0.2, 0.25) is 0 Å². The zero-order chi connectivity index (χ0) is 13.0. The Morgan fingerprint density at radius 2 is 2.16 bits per heavy atom. The van der Waals surface area contributed by atoms with E-state index < -0.39 is 0 Å². The predicted octanol–water partition coefficient (Wildman–Crippen LogP) is -0.272. The van der Waals surface area contributed by atoms with Gasteiger partial charge in [-0.25, -0.2) is 4.98 Å². The summed E-state index contributed by atoms with van der Waals surface area (Å²) in [5, 5.41) is 0.506. The maximum atomic E-state index is 6.08. The Kier molecular flexibility index (Phi) is 8.43. The van der Waals surface area contributed by atoms with Crippen molar-refractivity contribution in [1.29, 1.82) is 0 Å². The van der Waals surface area contributed by atoms with Gasteiger partial charge in [0.1, 0.15) is 5.69 Å². The summed E-state index contributed by atoms with van der Waals surface area (Å²) in [5.74, 6) is 6.82. The van der Waals surface area contributed by atoms with Crippen LogP contribution in [-0.4, -0.2) is 29.5 Å². The van der Waals surface area contributed by atoms with Crippen LogP contribution >= 0.6 is 11.6 Å². The molecule has 1 saturated heterocycles. The van der Waals surface area contributed by atoms with Crippen molar-refractivity contribution in [3.05, 3.63) is 23.0 Å². The van der Waals surface area contributed by atoms with Gasteiger partial charge in [-0.1, -0.05) is 30.5 Å². The quantitative estimate of drug-likeness (QED) is 0.403. The van der Waals surface area contributed by atoms with E-state index in [0.717, 1.165) is 32.5 Å². The molecule has 0 N–H and O–H groups in total. The first-order valence-electron chi connectivity index (χ1n) is 6.26. The second-order valence-electron chi connectivity index (χ2n) is 4.45. The summed E-state index contributed by atoms with van der Waals surface area (Å²) in [6, 6.07) is 1.72. The molecular formula is C14H16ClKN2S. The van der Waals surface area contributed by atoms with Crippen LogP contribution in [0.2, 0.25) is 5.02 Å². The summed E-state index contributed by atoms with van der Waals surface area (Å²) >= 11 is 11.2. The molecule has 0 bridgehead atoms. The van der Waals surface area contributed by atoms with Crippen molar-refractivity contribution < 1.29 is 51.4 Å². The Hall–Kier alpha value is 0.816. The van der Waals surface area contributed by atoms with Gasteiger partial charge in [0.05, 0.1) is 5.02 Å². The molecule has 0 aliphatic carbocycles. The third kappa shape index (κ3) is 5.26. The molecule has 1 fully saturated rings.